The molecule has 0 rings (SSSR count). The lowest BCUT2D eigenvalue weighted by atomic mass is 10.4. The highest BCUT2D eigenvalue weighted by Gasteiger charge is 2.61. The van der Waals surface area contributed by atoms with Crippen molar-refractivity contribution in [1.29, 1.82) is 0 Å². The average molecular weight is 180 g/mol. The van der Waals surface area contributed by atoms with Crippen LogP contribution in [0, 0.1) is 0 Å². The molecule has 0 aromatic carbocycles. The van der Waals surface area contributed by atoms with Gasteiger partial charge in [0.05, 0.1) is 0 Å². The van der Waals surface area contributed by atoms with E-state index >= 15 is 0 Å². The summed E-state index contributed by atoms with van der Waals surface area (Å²) in [4.78, 5) is 9.44. The van der Waals surface area contributed by atoms with Crippen LogP contribution in [0.15, 0.2) is 0 Å². The summed E-state index contributed by atoms with van der Waals surface area (Å²) in [5.74, 6) is -2.76. The van der Waals surface area contributed by atoms with Crippen LogP contribution in [0.5, 0.6) is 0 Å². The largest absolute Gasteiger partial charge is 0.478 e. The molecule has 2 nitrogen and oxygen atoms in total. The summed E-state index contributed by atoms with van der Waals surface area (Å²) in [6.07, 6.45) is -5.58. The number of halogens is 5. The summed E-state index contributed by atoms with van der Waals surface area (Å²) in [6.45, 7) is 0. The summed E-state index contributed by atoms with van der Waals surface area (Å²) in [5, 5.41) is 2.88. The Kier molecular flexibility index (Phi) is 2.15. The Morgan fingerprint density at radius 2 is 1.60 bits per heavy atom. The van der Waals surface area contributed by atoms with Crippen LogP contribution < -0.4 is 0 Å². The van der Waals surface area contributed by atoms with Crippen LogP contribution in [-0.4, -0.2) is 22.4 Å². The standard InChI is InChI=1S/C3HClF4O2/c4-2(5,1(9)10)3(6,7)8/h(H,9,10). The van der Waals surface area contributed by atoms with Crippen LogP contribution in [0.4, 0.5) is 17.6 Å². The summed E-state index contributed by atoms with van der Waals surface area (Å²) < 4.78 is 45.3. The van der Waals surface area contributed by atoms with Gasteiger partial charge in [0.1, 0.15) is 0 Å². The molecule has 0 spiro atoms. The van der Waals surface area contributed by atoms with Gasteiger partial charge in [-0.15, -0.1) is 0 Å². The Bertz CT molecular complexity index is 151. The van der Waals surface area contributed by atoms with Crippen LogP contribution >= 0.6 is 11.6 Å². The summed E-state index contributed by atoms with van der Waals surface area (Å²) >= 11 is 3.96. The molecule has 0 aromatic heterocycles. The molecule has 0 aromatic rings. The molecule has 0 aliphatic heterocycles. The predicted molar refractivity (Wildman–Crippen MR) is 23.4 cm³/mol. The van der Waals surface area contributed by atoms with Crippen molar-refractivity contribution in [3.8, 4) is 0 Å². The van der Waals surface area contributed by atoms with Gasteiger partial charge in [0.2, 0.25) is 0 Å². The van der Waals surface area contributed by atoms with Crippen molar-refractivity contribution in [3.63, 3.8) is 0 Å². The zero-order valence-electron chi connectivity index (χ0n) is 4.25. The maximum Gasteiger partial charge on any atom is 0.448 e. The maximum absolute atomic E-state index is 11.8. The van der Waals surface area contributed by atoms with Gasteiger partial charge in [-0.2, -0.15) is 13.2 Å². The molecule has 0 aliphatic carbocycles. The molecule has 1 N–H and O–H groups in total. The highest BCUT2D eigenvalue weighted by atomic mass is 35.5. The van der Waals surface area contributed by atoms with Gasteiger partial charge < -0.3 is 5.11 Å². The molecule has 1 atom stereocenters. The third-order valence-electron chi connectivity index (χ3n) is 0.625. The van der Waals surface area contributed by atoms with Crippen molar-refractivity contribution < 1.29 is 27.5 Å². The molecule has 0 heterocycles. The predicted octanol–water partition coefficient (Wildman–Crippen LogP) is 1.54. The first-order chi connectivity index (χ1) is 4.19. The maximum atomic E-state index is 11.8. The normalized spacial score (nSPS) is 18.1. The number of aliphatic carboxylic acids is 1. The van der Waals surface area contributed by atoms with Gasteiger partial charge in [-0.05, 0) is 0 Å². The molecule has 10 heavy (non-hydrogen) atoms. The van der Waals surface area contributed by atoms with E-state index in [9.17, 15) is 22.4 Å². The summed E-state index contributed by atoms with van der Waals surface area (Å²) in [6, 6.07) is 0. The second kappa shape index (κ2) is 2.26. The quantitative estimate of drug-likeness (QED) is 0.491. The van der Waals surface area contributed by atoms with E-state index in [0.29, 0.717) is 0 Å². The lowest BCUT2D eigenvalue weighted by Gasteiger charge is -2.15. The SMILES string of the molecule is O=C(O)C(F)(Cl)C(F)(F)F. The first-order valence-electron chi connectivity index (χ1n) is 1.87. The van der Waals surface area contributed by atoms with E-state index in [-0.39, 0.29) is 0 Å². The van der Waals surface area contributed by atoms with Crippen LogP contribution in [0.25, 0.3) is 0 Å². The minimum absolute atomic E-state index is 2.76. The number of rotatable bonds is 1. The van der Waals surface area contributed by atoms with Crippen LogP contribution in [-0.2, 0) is 4.79 Å². The van der Waals surface area contributed by atoms with Crippen molar-refractivity contribution in [1.82, 2.24) is 0 Å². The van der Waals surface area contributed by atoms with E-state index in [4.69, 9.17) is 5.11 Å². The van der Waals surface area contributed by atoms with Crippen molar-refractivity contribution in [2.45, 2.75) is 11.3 Å². The van der Waals surface area contributed by atoms with Crippen molar-refractivity contribution in [3.05, 3.63) is 0 Å². The fraction of sp³-hybridized carbons (Fsp3) is 0.667. The molecule has 0 radical (unpaired) electrons. The Morgan fingerprint density at radius 3 is 1.60 bits per heavy atom. The van der Waals surface area contributed by atoms with Crippen LogP contribution in [0.1, 0.15) is 0 Å². The molecule has 0 bridgehead atoms. The zero-order valence-corrected chi connectivity index (χ0v) is 5.00. The summed E-state index contributed by atoms with van der Waals surface area (Å²) in [5.41, 5.74) is 0. The van der Waals surface area contributed by atoms with E-state index < -0.39 is 17.3 Å². The molecule has 0 saturated carbocycles. The monoisotopic (exact) mass is 180 g/mol. The lowest BCUT2D eigenvalue weighted by molar-refractivity contribution is -0.210. The lowest BCUT2D eigenvalue weighted by Crippen LogP contribution is -2.42. The Balaban J connectivity index is 4.57. The smallest absolute Gasteiger partial charge is 0.448 e. The van der Waals surface area contributed by atoms with Gasteiger partial charge >= 0.3 is 17.3 Å². The summed E-state index contributed by atoms with van der Waals surface area (Å²) in [7, 11) is 0. The number of carboxylic acids is 1. The molecule has 7 heteroatoms. The highest BCUT2D eigenvalue weighted by Crippen LogP contribution is 2.37. The fourth-order valence-electron chi connectivity index (χ4n) is 0.121. The minimum atomic E-state index is -5.58. The van der Waals surface area contributed by atoms with E-state index in [1.54, 1.807) is 0 Å². The van der Waals surface area contributed by atoms with Crippen LogP contribution in [0.3, 0.4) is 0 Å². The number of carbonyl (C=O) groups is 1. The molecular formula is C3HClF4O2. The molecule has 60 valence electrons. The van der Waals surface area contributed by atoms with E-state index in [1.807, 2.05) is 0 Å². The number of hydrogen-bond donors (Lipinski definition) is 1. The molecular weight excluding hydrogens is 179 g/mol. The van der Waals surface area contributed by atoms with Gasteiger partial charge in [-0.1, -0.05) is 11.6 Å². The third-order valence-corrected chi connectivity index (χ3v) is 1.00. The Morgan fingerprint density at radius 1 is 1.30 bits per heavy atom. The van der Waals surface area contributed by atoms with Gasteiger partial charge in [0.25, 0.3) is 0 Å². The highest BCUT2D eigenvalue weighted by molar-refractivity contribution is 6.33. The topological polar surface area (TPSA) is 37.3 Å². The molecule has 1 unspecified atom stereocenters. The second-order valence-corrected chi connectivity index (χ2v) is 1.90. The average Bonchev–Trinajstić information content (AvgIpc) is 1.62. The van der Waals surface area contributed by atoms with Crippen LogP contribution in [0.2, 0.25) is 0 Å². The minimum Gasteiger partial charge on any atom is -0.478 e. The van der Waals surface area contributed by atoms with Gasteiger partial charge in [-0.3, -0.25) is 0 Å². The van der Waals surface area contributed by atoms with Crippen molar-refractivity contribution in [2.24, 2.45) is 0 Å². The van der Waals surface area contributed by atoms with Gasteiger partial charge in [0, 0.05) is 0 Å². The number of carboxylic acid groups (broad SMARTS) is 1. The number of alkyl halides is 5. The molecule has 0 saturated heterocycles. The third kappa shape index (κ3) is 1.50. The van der Waals surface area contributed by atoms with Crippen molar-refractivity contribution in [2.75, 3.05) is 0 Å². The van der Waals surface area contributed by atoms with Gasteiger partial charge in [0.15, 0.2) is 0 Å². The first-order valence-corrected chi connectivity index (χ1v) is 2.25. The van der Waals surface area contributed by atoms with Gasteiger partial charge in [-0.25, -0.2) is 9.18 Å². The van der Waals surface area contributed by atoms with Crippen molar-refractivity contribution >= 4 is 17.6 Å². The first kappa shape index (κ1) is 9.48. The number of hydrogen-bond acceptors (Lipinski definition) is 1. The molecule has 0 aliphatic rings. The zero-order chi connectivity index (χ0) is 8.58. The van der Waals surface area contributed by atoms with E-state index in [0.717, 1.165) is 0 Å². The Hall–Kier alpha value is -0.520. The van der Waals surface area contributed by atoms with E-state index in [2.05, 4.69) is 11.6 Å². The second-order valence-electron chi connectivity index (χ2n) is 1.38. The molecule has 0 amide bonds. The Labute approximate surface area is 57.4 Å². The van der Waals surface area contributed by atoms with E-state index in [1.165, 1.54) is 0 Å². The molecule has 0 fully saturated rings. The fourth-order valence-corrected chi connectivity index (χ4v) is 0.121.